The van der Waals surface area contributed by atoms with Crippen molar-refractivity contribution in [2.75, 3.05) is 5.32 Å². The second-order valence-corrected chi connectivity index (χ2v) is 5.95. The maximum Gasteiger partial charge on any atom is 0.127 e. The summed E-state index contributed by atoms with van der Waals surface area (Å²) in [5.41, 5.74) is 1.16. The van der Waals surface area contributed by atoms with Gasteiger partial charge in [-0.15, -0.1) is 0 Å². The van der Waals surface area contributed by atoms with Crippen LogP contribution in [0, 0.1) is 0 Å². The fraction of sp³-hybridized carbons (Fsp3) is 0.368. The van der Waals surface area contributed by atoms with Crippen LogP contribution in [0.4, 0.5) is 5.69 Å². The Labute approximate surface area is 131 Å². The minimum Gasteiger partial charge on any atom is -0.508 e. The summed E-state index contributed by atoms with van der Waals surface area (Å²) in [6.07, 6.45) is 7.95. The Kier molecular flexibility index (Phi) is 4.84. The zero-order valence-corrected chi connectivity index (χ0v) is 12.8. The van der Waals surface area contributed by atoms with E-state index in [4.69, 9.17) is 4.74 Å². The van der Waals surface area contributed by atoms with E-state index in [0.717, 1.165) is 17.2 Å². The van der Waals surface area contributed by atoms with Crippen LogP contribution in [-0.2, 0) is 0 Å². The second-order valence-electron chi connectivity index (χ2n) is 5.95. The Hall–Kier alpha value is -2.16. The van der Waals surface area contributed by atoms with E-state index < -0.39 is 0 Å². The van der Waals surface area contributed by atoms with Crippen LogP contribution in [0.1, 0.15) is 38.5 Å². The van der Waals surface area contributed by atoms with Crippen LogP contribution in [0.25, 0.3) is 0 Å². The largest absolute Gasteiger partial charge is 0.508 e. The molecule has 0 atom stereocenters. The molecule has 2 N–H and O–H groups in total. The van der Waals surface area contributed by atoms with Crippen LogP contribution < -0.4 is 10.1 Å². The predicted octanol–water partition coefficient (Wildman–Crippen LogP) is 5.32. The fourth-order valence-electron chi connectivity index (χ4n) is 2.93. The van der Waals surface area contributed by atoms with Crippen molar-refractivity contribution in [3.63, 3.8) is 0 Å². The number of anilines is 1. The van der Waals surface area contributed by atoms with E-state index in [0.29, 0.717) is 6.04 Å². The van der Waals surface area contributed by atoms with E-state index >= 15 is 0 Å². The Morgan fingerprint density at radius 1 is 0.773 bits per heavy atom. The Bertz CT molecular complexity index is 569. The average molecular weight is 297 g/mol. The molecule has 0 spiro atoms. The number of nitrogens with one attached hydrogen (secondary N) is 1. The van der Waals surface area contributed by atoms with Gasteiger partial charge >= 0.3 is 0 Å². The fourth-order valence-corrected chi connectivity index (χ4v) is 2.93. The molecular formula is C19H23NO2. The number of hydrogen-bond donors (Lipinski definition) is 2. The van der Waals surface area contributed by atoms with Gasteiger partial charge in [-0.25, -0.2) is 0 Å². The van der Waals surface area contributed by atoms with E-state index in [1.807, 2.05) is 12.1 Å². The SMILES string of the molecule is Oc1ccc(Oc2ccc(NC3CCCCCC3)cc2)cc1. The first-order chi connectivity index (χ1) is 10.8. The van der Waals surface area contributed by atoms with Crippen molar-refractivity contribution in [2.45, 2.75) is 44.6 Å². The van der Waals surface area contributed by atoms with Crippen LogP contribution in [-0.4, -0.2) is 11.1 Å². The summed E-state index contributed by atoms with van der Waals surface area (Å²) in [6, 6.07) is 15.5. The minimum absolute atomic E-state index is 0.246. The highest BCUT2D eigenvalue weighted by atomic mass is 16.5. The van der Waals surface area contributed by atoms with Gasteiger partial charge < -0.3 is 15.2 Å². The van der Waals surface area contributed by atoms with Crippen molar-refractivity contribution in [3.8, 4) is 17.2 Å². The lowest BCUT2D eigenvalue weighted by molar-refractivity contribution is 0.464. The average Bonchev–Trinajstić information content (AvgIpc) is 2.80. The molecule has 0 bridgehead atoms. The van der Waals surface area contributed by atoms with E-state index in [1.165, 1.54) is 38.5 Å². The maximum atomic E-state index is 9.27. The molecule has 3 heteroatoms. The molecule has 22 heavy (non-hydrogen) atoms. The van der Waals surface area contributed by atoms with Gasteiger partial charge in [-0.05, 0) is 61.4 Å². The summed E-state index contributed by atoms with van der Waals surface area (Å²) >= 11 is 0. The van der Waals surface area contributed by atoms with E-state index in [9.17, 15) is 5.11 Å². The highest BCUT2D eigenvalue weighted by Crippen LogP contribution is 2.26. The number of hydrogen-bond acceptors (Lipinski definition) is 3. The molecule has 0 unspecified atom stereocenters. The summed E-state index contributed by atoms with van der Waals surface area (Å²) in [7, 11) is 0. The summed E-state index contributed by atoms with van der Waals surface area (Å²) in [4.78, 5) is 0. The van der Waals surface area contributed by atoms with Gasteiger partial charge in [-0.3, -0.25) is 0 Å². The topological polar surface area (TPSA) is 41.5 Å². The van der Waals surface area contributed by atoms with Gasteiger partial charge in [-0.2, -0.15) is 0 Å². The quantitative estimate of drug-likeness (QED) is 0.750. The van der Waals surface area contributed by atoms with Gasteiger partial charge in [0.1, 0.15) is 17.2 Å². The molecule has 1 saturated carbocycles. The third-order valence-electron chi connectivity index (χ3n) is 4.15. The van der Waals surface area contributed by atoms with Crippen LogP contribution in [0.15, 0.2) is 48.5 Å². The van der Waals surface area contributed by atoms with Crippen molar-refractivity contribution in [1.82, 2.24) is 0 Å². The van der Waals surface area contributed by atoms with Gasteiger partial charge in [0.25, 0.3) is 0 Å². The molecule has 2 aromatic carbocycles. The lowest BCUT2D eigenvalue weighted by Gasteiger charge is -2.17. The smallest absolute Gasteiger partial charge is 0.127 e. The van der Waals surface area contributed by atoms with Crippen LogP contribution in [0.3, 0.4) is 0 Å². The minimum atomic E-state index is 0.246. The molecule has 1 aliphatic rings. The Morgan fingerprint density at radius 3 is 1.91 bits per heavy atom. The second kappa shape index (κ2) is 7.21. The molecule has 1 fully saturated rings. The lowest BCUT2D eigenvalue weighted by atomic mass is 10.1. The monoisotopic (exact) mass is 297 g/mol. The van der Waals surface area contributed by atoms with Gasteiger partial charge in [0.15, 0.2) is 0 Å². The lowest BCUT2D eigenvalue weighted by Crippen LogP contribution is -2.17. The molecular weight excluding hydrogens is 274 g/mol. The number of phenols is 1. The van der Waals surface area contributed by atoms with E-state index in [-0.39, 0.29) is 5.75 Å². The van der Waals surface area contributed by atoms with Gasteiger partial charge in [-0.1, -0.05) is 25.7 Å². The first-order valence-corrected chi connectivity index (χ1v) is 8.13. The molecule has 1 aliphatic carbocycles. The molecule has 0 radical (unpaired) electrons. The molecule has 3 nitrogen and oxygen atoms in total. The van der Waals surface area contributed by atoms with Crippen LogP contribution in [0.5, 0.6) is 17.2 Å². The molecule has 0 heterocycles. The molecule has 3 rings (SSSR count). The third-order valence-corrected chi connectivity index (χ3v) is 4.15. The summed E-state index contributed by atoms with van der Waals surface area (Å²) in [5, 5.41) is 12.9. The molecule has 0 amide bonds. The standard InChI is InChI=1S/C19H23NO2/c21-17-9-13-19(14-10-17)22-18-11-7-16(8-12-18)20-15-5-3-1-2-4-6-15/h7-15,20-21H,1-6H2. The zero-order valence-electron chi connectivity index (χ0n) is 12.8. The van der Waals surface area contributed by atoms with Gasteiger partial charge in [0, 0.05) is 11.7 Å². The summed E-state index contributed by atoms with van der Waals surface area (Å²) in [5.74, 6) is 1.77. The van der Waals surface area contributed by atoms with E-state index in [1.54, 1.807) is 24.3 Å². The van der Waals surface area contributed by atoms with Crippen molar-refractivity contribution < 1.29 is 9.84 Å². The van der Waals surface area contributed by atoms with Crippen molar-refractivity contribution in [2.24, 2.45) is 0 Å². The Balaban J connectivity index is 1.58. The number of phenolic OH excluding ortho intramolecular Hbond substituents is 1. The maximum absolute atomic E-state index is 9.27. The number of benzene rings is 2. The Morgan fingerprint density at radius 2 is 1.32 bits per heavy atom. The third kappa shape index (κ3) is 4.17. The molecule has 116 valence electrons. The number of rotatable bonds is 4. The predicted molar refractivity (Wildman–Crippen MR) is 89.7 cm³/mol. The van der Waals surface area contributed by atoms with Crippen LogP contribution >= 0.6 is 0 Å². The van der Waals surface area contributed by atoms with E-state index in [2.05, 4.69) is 17.4 Å². The van der Waals surface area contributed by atoms with Crippen molar-refractivity contribution in [1.29, 1.82) is 0 Å². The van der Waals surface area contributed by atoms with Crippen LogP contribution in [0.2, 0.25) is 0 Å². The summed E-state index contributed by atoms with van der Waals surface area (Å²) in [6.45, 7) is 0. The van der Waals surface area contributed by atoms with Gasteiger partial charge in [0.05, 0.1) is 0 Å². The number of ether oxygens (including phenoxy) is 1. The first kappa shape index (κ1) is 14.8. The zero-order chi connectivity index (χ0) is 15.2. The van der Waals surface area contributed by atoms with Crippen molar-refractivity contribution >= 4 is 5.69 Å². The normalized spacial score (nSPS) is 16.0. The summed E-state index contributed by atoms with van der Waals surface area (Å²) < 4.78 is 5.76. The highest BCUT2D eigenvalue weighted by molar-refractivity contribution is 5.48. The highest BCUT2D eigenvalue weighted by Gasteiger charge is 2.11. The molecule has 0 aliphatic heterocycles. The molecule has 0 aromatic heterocycles. The van der Waals surface area contributed by atoms with Crippen molar-refractivity contribution in [3.05, 3.63) is 48.5 Å². The molecule has 2 aromatic rings. The van der Waals surface area contributed by atoms with Gasteiger partial charge in [0.2, 0.25) is 0 Å². The number of aromatic hydroxyl groups is 1. The molecule has 0 saturated heterocycles. The first-order valence-electron chi connectivity index (χ1n) is 8.13.